The number of carboxylic acids is 1. The van der Waals surface area contributed by atoms with Crippen LogP contribution in [0.2, 0.25) is 0 Å². The summed E-state index contributed by atoms with van der Waals surface area (Å²) in [6.45, 7) is 3.54. The van der Waals surface area contributed by atoms with E-state index in [-0.39, 0.29) is 5.92 Å². The van der Waals surface area contributed by atoms with E-state index >= 15 is 0 Å². The van der Waals surface area contributed by atoms with Crippen molar-refractivity contribution in [3.63, 3.8) is 0 Å². The second-order valence-electron chi connectivity index (χ2n) is 7.67. The van der Waals surface area contributed by atoms with E-state index in [2.05, 4.69) is 16.0 Å². The van der Waals surface area contributed by atoms with E-state index in [0.29, 0.717) is 30.8 Å². The maximum atomic E-state index is 13.0. The van der Waals surface area contributed by atoms with Gasteiger partial charge < -0.3 is 32.5 Å². The molecule has 0 fully saturated rings. The van der Waals surface area contributed by atoms with Crippen LogP contribution in [0.4, 0.5) is 0 Å². The van der Waals surface area contributed by atoms with Crippen LogP contribution in [-0.4, -0.2) is 82.9 Å². The second-order valence-corrected chi connectivity index (χ2v) is 9.64. The lowest BCUT2D eigenvalue weighted by atomic mass is 9.97. The van der Waals surface area contributed by atoms with E-state index in [0.717, 1.165) is 0 Å². The van der Waals surface area contributed by atoms with Gasteiger partial charge in [0.25, 0.3) is 0 Å². The lowest BCUT2D eigenvalue weighted by Gasteiger charge is -2.28. The summed E-state index contributed by atoms with van der Waals surface area (Å²) in [6, 6.07) is -4.26. The fraction of sp³-hybridized carbons (Fsp3) is 0.750. The highest BCUT2D eigenvalue weighted by Gasteiger charge is 2.33. The first-order valence-electron chi connectivity index (χ1n) is 10.6. The van der Waals surface area contributed by atoms with Crippen LogP contribution in [0, 0.1) is 5.92 Å². The number of nitrogens with one attached hydrogen (secondary N) is 3. The molecule has 0 aromatic heterocycles. The standard InChI is InChI=1S/C20H37N5O6S2/c1-5-11(2)16(19(29)24-14(20(30)31)10-15(22)26)25-18(28)13(7-9-33-4)23-17(27)12(21)6-8-32-3/h11-14,16H,5-10,21H2,1-4H3,(H2,22,26)(H,23,27)(H,24,29)(H,25,28)(H,30,31). The monoisotopic (exact) mass is 507 g/mol. The van der Waals surface area contributed by atoms with Crippen molar-refractivity contribution in [1.29, 1.82) is 0 Å². The van der Waals surface area contributed by atoms with Gasteiger partial charge >= 0.3 is 5.97 Å². The van der Waals surface area contributed by atoms with Crippen molar-refractivity contribution in [2.45, 2.75) is 63.7 Å². The number of hydrogen-bond acceptors (Lipinski definition) is 8. The minimum absolute atomic E-state index is 0.322. The van der Waals surface area contributed by atoms with Gasteiger partial charge in [0, 0.05) is 0 Å². The highest BCUT2D eigenvalue weighted by atomic mass is 32.2. The highest BCUT2D eigenvalue weighted by Crippen LogP contribution is 2.11. The van der Waals surface area contributed by atoms with Gasteiger partial charge in [0.1, 0.15) is 18.1 Å². The molecule has 13 heteroatoms. The van der Waals surface area contributed by atoms with Gasteiger partial charge in [-0.3, -0.25) is 19.2 Å². The summed E-state index contributed by atoms with van der Waals surface area (Å²) in [5.74, 6) is -3.15. The van der Waals surface area contributed by atoms with Gasteiger partial charge in [-0.1, -0.05) is 20.3 Å². The molecule has 0 aromatic carbocycles. The molecule has 4 amide bonds. The molecule has 33 heavy (non-hydrogen) atoms. The van der Waals surface area contributed by atoms with E-state index in [1.54, 1.807) is 18.7 Å². The number of aliphatic carboxylic acids is 1. The van der Waals surface area contributed by atoms with Crippen LogP contribution < -0.4 is 27.4 Å². The minimum atomic E-state index is -1.51. The Balaban J connectivity index is 5.48. The summed E-state index contributed by atoms with van der Waals surface area (Å²) in [6.07, 6.45) is 4.47. The van der Waals surface area contributed by atoms with Crippen LogP contribution >= 0.6 is 23.5 Å². The Kier molecular flexibility index (Phi) is 15.6. The van der Waals surface area contributed by atoms with Gasteiger partial charge in [0.15, 0.2) is 0 Å². The fourth-order valence-electron chi connectivity index (χ4n) is 2.78. The highest BCUT2D eigenvalue weighted by molar-refractivity contribution is 7.98. The third kappa shape index (κ3) is 12.2. The number of nitrogens with two attached hydrogens (primary N) is 2. The number of carbonyl (C=O) groups excluding carboxylic acids is 4. The Morgan fingerprint density at radius 3 is 1.91 bits per heavy atom. The molecule has 0 saturated heterocycles. The maximum Gasteiger partial charge on any atom is 0.326 e. The summed E-state index contributed by atoms with van der Waals surface area (Å²) in [7, 11) is 0. The zero-order valence-corrected chi connectivity index (χ0v) is 21.2. The van der Waals surface area contributed by atoms with Gasteiger partial charge in [-0.2, -0.15) is 23.5 Å². The van der Waals surface area contributed by atoms with Gasteiger partial charge in [-0.25, -0.2) is 4.79 Å². The third-order valence-corrected chi connectivity index (χ3v) is 6.31. The van der Waals surface area contributed by atoms with E-state index in [1.807, 2.05) is 19.4 Å². The molecule has 5 atom stereocenters. The Labute approximate surface area is 203 Å². The van der Waals surface area contributed by atoms with E-state index in [9.17, 15) is 29.1 Å². The van der Waals surface area contributed by atoms with Gasteiger partial charge in [0.2, 0.25) is 23.6 Å². The van der Waals surface area contributed by atoms with Crippen molar-refractivity contribution < 1.29 is 29.1 Å². The molecule has 8 N–H and O–H groups in total. The van der Waals surface area contributed by atoms with Crippen molar-refractivity contribution in [2.75, 3.05) is 24.0 Å². The van der Waals surface area contributed by atoms with Crippen molar-refractivity contribution in [2.24, 2.45) is 17.4 Å². The Morgan fingerprint density at radius 2 is 1.42 bits per heavy atom. The van der Waals surface area contributed by atoms with Crippen LogP contribution in [0.5, 0.6) is 0 Å². The molecule has 0 heterocycles. The first-order valence-corrected chi connectivity index (χ1v) is 13.4. The van der Waals surface area contributed by atoms with Crippen molar-refractivity contribution >= 4 is 53.1 Å². The topological polar surface area (TPSA) is 194 Å². The number of rotatable bonds is 17. The molecule has 5 unspecified atom stereocenters. The molecular formula is C20H37N5O6S2. The van der Waals surface area contributed by atoms with Crippen LogP contribution in [0.15, 0.2) is 0 Å². The molecule has 190 valence electrons. The quantitative estimate of drug-likeness (QED) is 0.147. The zero-order chi connectivity index (χ0) is 25.6. The summed E-state index contributed by atoms with van der Waals surface area (Å²) in [4.78, 5) is 60.7. The maximum absolute atomic E-state index is 13.0. The Morgan fingerprint density at radius 1 is 0.879 bits per heavy atom. The number of primary amides is 1. The van der Waals surface area contributed by atoms with E-state index < -0.39 is 60.2 Å². The van der Waals surface area contributed by atoms with Gasteiger partial charge in [-0.15, -0.1) is 0 Å². The minimum Gasteiger partial charge on any atom is -0.480 e. The van der Waals surface area contributed by atoms with E-state index in [1.165, 1.54) is 11.8 Å². The summed E-state index contributed by atoms with van der Waals surface area (Å²) in [5.41, 5.74) is 11.0. The summed E-state index contributed by atoms with van der Waals surface area (Å²) >= 11 is 3.05. The van der Waals surface area contributed by atoms with Crippen molar-refractivity contribution in [3.8, 4) is 0 Å². The zero-order valence-electron chi connectivity index (χ0n) is 19.6. The number of hydrogen-bond donors (Lipinski definition) is 6. The summed E-state index contributed by atoms with van der Waals surface area (Å²) in [5, 5.41) is 16.8. The first-order chi connectivity index (χ1) is 15.5. The van der Waals surface area contributed by atoms with Crippen LogP contribution in [0.1, 0.15) is 39.5 Å². The largest absolute Gasteiger partial charge is 0.480 e. The molecule has 0 aliphatic heterocycles. The molecule has 0 aliphatic rings. The average Bonchev–Trinajstić information content (AvgIpc) is 2.76. The molecular weight excluding hydrogens is 470 g/mol. The third-order valence-electron chi connectivity index (χ3n) is 5.03. The molecule has 0 aliphatic carbocycles. The molecule has 0 saturated carbocycles. The molecule has 0 bridgehead atoms. The first kappa shape index (κ1) is 31.0. The second kappa shape index (κ2) is 16.6. The van der Waals surface area contributed by atoms with Gasteiger partial charge in [0.05, 0.1) is 12.5 Å². The van der Waals surface area contributed by atoms with Crippen LogP contribution in [-0.2, 0) is 24.0 Å². The van der Waals surface area contributed by atoms with Crippen LogP contribution in [0.25, 0.3) is 0 Å². The number of amides is 4. The van der Waals surface area contributed by atoms with Crippen molar-refractivity contribution in [3.05, 3.63) is 0 Å². The lowest BCUT2D eigenvalue weighted by molar-refractivity contribution is -0.144. The SMILES string of the molecule is CCC(C)C(NC(=O)C(CCSC)NC(=O)C(N)CCSC)C(=O)NC(CC(N)=O)C(=O)O. The van der Waals surface area contributed by atoms with E-state index in [4.69, 9.17) is 11.5 Å². The predicted molar refractivity (Wildman–Crippen MR) is 131 cm³/mol. The Bertz CT molecular complexity index is 681. The smallest absolute Gasteiger partial charge is 0.326 e. The Hall–Kier alpha value is -1.99. The molecule has 0 aromatic rings. The number of carbonyl (C=O) groups is 5. The normalized spacial score (nSPS) is 15.4. The number of carboxylic acid groups (broad SMARTS) is 1. The summed E-state index contributed by atoms with van der Waals surface area (Å²) < 4.78 is 0. The van der Waals surface area contributed by atoms with Crippen molar-refractivity contribution in [1.82, 2.24) is 16.0 Å². The molecule has 0 rings (SSSR count). The average molecular weight is 508 g/mol. The lowest BCUT2D eigenvalue weighted by Crippen LogP contribution is -2.59. The number of thioether (sulfide) groups is 2. The predicted octanol–water partition coefficient (Wildman–Crippen LogP) is -0.720. The molecule has 0 spiro atoms. The van der Waals surface area contributed by atoms with Gasteiger partial charge in [-0.05, 0) is 42.8 Å². The molecule has 11 nitrogen and oxygen atoms in total. The molecule has 0 radical (unpaired) electrons. The van der Waals surface area contributed by atoms with Crippen LogP contribution in [0.3, 0.4) is 0 Å². The fourth-order valence-corrected chi connectivity index (χ4v) is 3.74.